The van der Waals surface area contributed by atoms with E-state index in [1.807, 2.05) is 18.2 Å². The van der Waals surface area contributed by atoms with Gasteiger partial charge in [-0.15, -0.1) is 12.4 Å². The first-order valence-electron chi connectivity index (χ1n) is 7.14. The second kappa shape index (κ2) is 6.95. The molecule has 3 rings (SSSR count). The Bertz CT molecular complexity index is 732. The van der Waals surface area contributed by atoms with Gasteiger partial charge in [-0.3, -0.25) is 0 Å². The zero-order chi connectivity index (χ0) is 14.9. The fourth-order valence-electron chi connectivity index (χ4n) is 2.87. The molecule has 2 aromatic rings. The van der Waals surface area contributed by atoms with Gasteiger partial charge in [0.1, 0.15) is 11.4 Å². The lowest BCUT2D eigenvalue weighted by Crippen LogP contribution is -2.47. The maximum Gasteiger partial charge on any atom is 0.220 e. The van der Waals surface area contributed by atoms with Crippen LogP contribution in [0.25, 0.3) is 11.0 Å². The summed E-state index contributed by atoms with van der Waals surface area (Å²) in [4.78, 5) is 0. The molecule has 1 fully saturated rings. The highest BCUT2D eigenvalue weighted by molar-refractivity contribution is 7.88. The molecule has 1 aromatic heterocycles. The van der Waals surface area contributed by atoms with Crippen molar-refractivity contribution in [2.75, 3.05) is 13.1 Å². The number of nitrogens with zero attached hydrogens (tertiary/aromatic N) is 2. The van der Waals surface area contributed by atoms with Gasteiger partial charge in [0.2, 0.25) is 10.0 Å². The number of fused-ring (bicyclic) bond motifs is 1. The number of piperidine rings is 1. The van der Waals surface area contributed by atoms with E-state index in [4.69, 9.17) is 10.3 Å². The van der Waals surface area contributed by atoms with Crippen LogP contribution in [0.5, 0.6) is 0 Å². The maximum absolute atomic E-state index is 12.7. The number of para-hydroxylation sites is 1. The van der Waals surface area contributed by atoms with Crippen molar-refractivity contribution in [2.24, 2.45) is 5.73 Å². The Balaban J connectivity index is 0.00000176. The van der Waals surface area contributed by atoms with Gasteiger partial charge in [0, 0.05) is 24.5 Å². The summed E-state index contributed by atoms with van der Waals surface area (Å²) in [7, 11) is -3.43. The Morgan fingerprint density at radius 3 is 2.86 bits per heavy atom. The van der Waals surface area contributed by atoms with Gasteiger partial charge < -0.3 is 10.3 Å². The van der Waals surface area contributed by atoms with Crippen LogP contribution in [0.2, 0.25) is 0 Å². The quantitative estimate of drug-likeness (QED) is 0.914. The normalized spacial score (nSPS) is 20.0. The van der Waals surface area contributed by atoms with E-state index in [0.29, 0.717) is 24.4 Å². The fraction of sp³-hybridized carbons (Fsp3) is 0.500. The SMILES string of the molecule is Cl.NCC1CCCCN1S(=O)(=O)Cc1noc2ccccc12. The molecule has 1 aliphatic heterocycles. The van der Waals surface area contributed by atoms with Gasteiger partial charge in [0.25, 0.3) is 0 Å². The largest absolute Gasteiger partial charge is 0.356 e. The third kappa shape index (κ3) is 3.27. The Morgan fingerprint density at radius 1 is 1.32 bits per heavy atom. The summed E-state index contributed by atoms with van der Waals surface area (Å²) in [6.45, 7) is 0.902. The lowest BCUT2D eigenvalue weighted by Gasteiger charge is -2.33. The molecule has 0 aliphatic carbocycles. The van der Waals surface area contributed by atoms with E-state index in [2.05, 4.69) is 5.16 Å². The van der Waals surface area contributed by atoms with Crippen molar-refractivity contribution in [3.05, 3.63) is 30.0 Å². The van der Waals surface area contributed by atoms with Crippen LogP contribution in [0.15, 0.2) is 28.8 Å². The zero-order valence-electron chi connectivity index (χ0n) is 12.1. The van der Waals surface area contributed by atoms with Gasteiger partial charge in [-0.2, -0.15) is 4.31 Å². The van der Waals surface area contributed by atoms with Gasteiger partial charge in [0.05, 0.1) is 0 Å². The molecule has 0 bridgehead atoms. The second-order valence-electron chi connectivity index (χ2n) is 5.38. The highest BCUT2D eigenvalue weighted by Crippen LogP contribution is 2.25. The highest BCUT2D eigenvalue weighted by Gasteiger charge is 2.32. The molecule has 1 aromatic carbocycles. The Labute approximate surface area is 136 Å². The van der Waals surface area contributed by atoms with Crippen LogP contribution in [-0.4, -0.2) is 37.0 Å². The van der Waals surface area contributed by atoms with Crippen LogP contribution in [0.4, 0.5) is 0 Å². The van der Waals surface area contributed by atoms with Crippen molar-refractivity contribution in [2.45, 2.75) is 31.1 Å². The number of hydrogen-bond acceptors (Lipinski definition) is 5. The predicted molar refractivity (Wildman–Crippen MR) is 87.3 cm³/mol. The van der Waals surface area contributed by atoms with Crippen molar-refractivity contribution in [1.82, 2.24) is 9.46 Å². The number of sulfonamides is 1. The maximum atomic E-state index is 12.7. The molecule has 0 radical (unpaired) electrons. The summed E-state index contributed by atoms with van der Waals surface area (Å²) in [5.41, 5.74) is 6.79. The van der Waals surface area contributed by atoms with Crippen molar-refractivity contribution in [3.63, 3.8) is 0 Å². The first-order valence-corrected chi connectivity index (χ1v) is 8.75. The van der Waals surface area contributed by atoms with Crippen molar-refractivity contribution < 1.29 is 12.9 Å². The van der Waals surface area contributed by atoms with Crippen molar-refractivity contribution in [1.29, 1.82) is 0 Å². The van der Waals surface area contributed by atoms with Crippen molar-refractivity contribution in [3.8, 4) is 0 Å². The molecule has 2 heterocycles. The summed E-state index contributed by atoms with van der Waals surface area (Å²) in [5, 5.41) is 4.67. The number of nitrogens with two attached hydrogens (primary N) is 1. The van der Waals surface area contributed by atoms with Gasteiger partial charge in [0.15, 0.2) is 5.58 Å². The van der Waals surface area contributed by atoms with E-state index >= 15 is 0 Å². The molecule has 0 saturated carbocycles. The molecule has 8 heteroatoms. The Morgan fingerprint density at radius 2 is 2.09 bits per heavy atom. The molecule has 1 saturated heterocycles. The molecule has 1 unspecified atom stereocenters. The number of halogens is 1. The van der Waals surface area contributed by atoms with Crippen LogP contribution in [0, 0.1) is 0 Å². The number of benzene rings is 1. The van der Waals surface area contributed by atoms with E-state index in [0.717, 1.165) is 24.6 Å². The molecule has 22 heavy (non-hydrogen) atoms. The first-order chi connectivity index (χ1) is 10.1. The van der Waals surface area contributed by atoms with Crippen LogP contribution >= 0.6 is 12.4 Å². The standard InChI is InChI=1S/C14H19N3O3S.ClH/c15-9-11-5-3-4-8-17(11)21(18,19)10-13-12-6-1-2-7-14(12)20-16-13;/h1-2,6-7,11H,3-5,8-10,15H2;1H. The van der Waals surface area contributed by atoms with Gasteiger partial charge >= 0.3 is 0 Å². The Hall–Kier alpha value is -1.15. The molecule has 0 spiro atoms. The molecule has 6 nitrogen and oxygen atoms in total. The molecular weight excluding hydrogens is 326 g/mol. The minimum atomic E-state index is -3.43. The van der Waals surface area contributed by atoms with E-state index < -0.39 is 10.0 Å². The van der Waals surface area contributed by atoms with E-state index in [9.17, 15) is 8.42 Å². The predicted octanol–water partition coefficient (Wildman–Crippen LogP) is 1.89. The molecule has 122 valence electrons. The summed E-state index contributed by atoms with van der Waals surface area (Å²) in [6, 6.07) is 7.19. The number of aromatic nitrogens is 1. The molecule has 2 N–H and O–H groups in total. The van der Waals surface area contributed by atoms with E-state index in [1.54, 1.807) is 10.4 Å². The molecule has 1 aliphatic rings. The topological polar surface area (TPSA) is 89.4 Å². The molecular formula is C14H20ClN3O3S. The minimum absolute atomic E-state index is 0. The monoisotopic (exact) mass is 345 g/mol. The summed E-state index contributed by atoms with van der Waals surface area (Å²) >= 11 is 0. The number of rotatable bonds is 4. The summed E-state index contributed by atoms with van der Waals surface area (Å²) in [5.74, 6) is -0.138. The van der Waals surface area contributed by atoms with E-state index in [-0.39, 0.29) is 24.2 Å². The summed E-state index contributed by atoms with van der Waals surface area (Å²) in [6.07, 6.45) is 2.74. The number of hydrogen-bond donors (Lipinski definition) is 1. The second-order valence-corrected chi connectivity index (χ2v) is 7.30. The average molecular weight is 346 g/mol. The van der Waals surface area contributed by atoms with Gasteiger partial charge in [-0.1, -0.05) is 23.7 Å². The minimum Gasteiger partial charge on any atom is -0.356 e. The van der Waals surface area contributed by atoms with Crippen molar-refractivity contribution >= 4 is 33.4 Å². The molecule has 0 amide bonds. The smallest absolute Gasteiger partial charge is 0.220 e. The Kier molecular flexibility index (Phi) is 5.44. The van der Waals surface area contributed by atoms with Crippen LogP contribution in [0.3, 0.4) is 0 Å². The average Bonchev–Trinajstić information content (AvgIpc) is 2.90. The van der Waals surface area contributed by atoms with Crippen LogP contribution < -0.4 is 5.73 Å². The van der Waals surface area contributed by atoms with Gasteiger partial charge in [-0.25, -0.2) is 8.42 Å². The highest BCUT2D eigenvalue weighted by atomic mass is 35.5. The third-order valence-corrected chi connectivity index (χ3v) is 5.81. The fourth-order valence-corrected chi connectivity index (χ4v) is 4.65. The zero-order valence-corrected chi connectivity index (χ0v) is 13.8. The lowest BCUT2D eigenvalue weighted by molar-refractivity contribution is 0.257. The van der Waals surface area contributed by atoms with E-state index in [1.165, 1.54) is 0 Å². The van der Waals surface area contributed by atoms with Crippen LogP contribution in [0.1, 0.15) is 25.0 Å². The lowest BCUT2D eigenvalue weighted by atomic mass is 10.1. The van der Waals surface area contributed by atoms with Gasteiger partial charge in [-0.05, 0) is 25.0 Å². The first kappa shape index (κ1) is 17.2. The summed E-state index contributed by atoms with van der Waals surface area (Å²) < 4.78 is 32.0. The molecule has 1 atom stereocenters. The van der Waals surface area contributed by atoms with Crippen LogP contribution in [-0.2, 0) is 15.8 Å². The third-order valence-electron chi connectivity index (χ3n) is 3.97.